The predicted molar refractivity (Wildman–Crippen MR) is 102 cm³/mol. The fourth-order valence-electron chi connectivity index (χ4n) is 3.84. The third-order valence-electron chi connectivity index (χ3n) is 5.55. The molecule has 0 saturated carbocycles. The van der Waals surface area contributed by atoms with Gasteiger partial charge in [-0.3, -0.25) is 4.79 Å². The summed E-state index contributed by atoms with van der Waals surface area (Å²) in [4.78, 5) is 12.8. The van der Waals surface area contributed by atoms with Crippen LogP contribution in [0.4, 0.5) is 0 Å². The van der Waals surface area contributed by atoms with E-state index in [0.717, 1.165) is 38.8 Å². The highest BCUT2D eigenvalue weighted by molar-refractivity contribution is 7.89. The quantitative estimate of drug-likeness (QED) is 0.838. The molecule has 1 amide bonds. The number of carbonyl (C=O) groups is 1. The second kappa shape index (κ2) is 8.06. The van der Waals surface area contributed by atoms with Crippen LogP contribution in [0.5, 0.6) is 0 Å². The van der Waals surface area contributed by atoms with Crippen LogP contribution >= 0.6 is 0 Å². The normalized spacial score (nSPS) is 27.8. The van der Waals surface area contributed by atoms with Gasteiger partial charge in [-0.2, -0.15) is 4.31 Å². The van der Waals surface area contributed by atoms with E-state index in [0.29, 0.717) is 18.0 Å². The molecule has 7 heteroatoms. The summed E-state index contributed by atoms with van der Waals surface area (Å²) in [5, 5.41) is 6.38. The SMILES string of the molecule is CC1CNCCC1NC(=O)c1cccc(S(=O)(=O)N2CCCCC2C)c1. The van der Waals surface area contributed by atoms with Crippen LogP contribution in [0.15, 0.2) is 29.2 Å². The van der Waals surface area contributed by atoms with Crippen LogP contribution in [0.25, 0.3) is 0 Å². The van der Waals surface area contributed by atoms with Gasteiger partial charge in [0.1, 0.15) is 0 Å². The fraction of sp³-hybridized carbons (Fsp3) is 0.632. The zero-order valence-electron chi connectivity index (χ0n) is 15.6. The van der Waals surface area contributed by atoms with Crippen molar-refractivity contribution in [3.63, 3.8) is 0 Å². The molecule has 3 unspecified atom stereocenters. The second-order valence-corrected chi connectivity index (χ2v) is 9.43. The number of sulfonamides is 1. The summed E-state index contributed by atoms with van der Waals surface area (Å²) in [6.07, 6.45) is 3.71. The van der Waals surface area contributed by atoms with E-state index < -0.39 is 10.0 Å². The molecule has 2 heterocycles. The summed E-state index contributed by atoms with van der Waals surface area (Å²) in [5.74, 6) is 0.154. The number of piperidine rings is 2. The number of hydrogen-bond acceptors (Lipinski definition) is 4. The zero-order chi connectivity index (χ0) is 18.7. The lowest BCUT2D eigenvalue weighted by Gasteiger charge is -2.32. The van der Waals surface area contributed by atoms with E-state index >= 15 is 0 Å². The lowest BCUT2D eigenvalue weighted by molar-refractivity contribution is 0.0914. The Bertz CT molecular complexity index is 750. The van der Waals surface area contributed by atoms with E-state index in [4.69, 9.17) is 0 Å². The second-order valence-electron chi connectivity index (χ2n) is 7.54. The number of benzene rings is 1. The van der Waals surface area contributed by atoms with E-state index in [1.54, 1.807) is 22.5 Å². The molecule has 2 N–H and O–H groups in total. The molecular formula is C19H29N3O3S. The molecule has 144 valence electrons. The van der Waals surface area contributed by atoms with E-state index in [2.05, 4.69) is 17.6 Å². The summed E-state index contributed by atoms with van der Waals surface area (Å²) in [6, 6.07) is 6.55. The van der Waals surface area contributed by atoms with Crippen molar-refractivity contribution >= 4 is 15.9 Å². The largest absolute Gasteiger partial charge is 0.349 e. The molecule has 2 aliphatic heterocycles. The van der Waals surface area contributed by atoms with Gasteiger partial charge in [-0.25, -0.2) is 8.42 Å². The van der Waals surface area contributed by atoms with Crippen molar-refractivity contribution in [2.45, 2.75) is 56.5 Å². The molecule has 1 aromatic carbocycles. The van der Waals surface area contributed by atoms with E-state index in [1.807, 2.05) is 6.92 Å². The molecular weight excluding hydrogens is 350 g/mol. The van der Waals surface area contributed by atoms with Crippen LogP contribution in [0, 0.1) is 5.92 Å². The highest BCUT2D eigenvalue weighted by Gasteiger charge is 2.31. The topological polar surface area (TPSA) is 78.5 Å². The summed E-state index contributed by atoms with van der Waals surface area (Å²) < 4.78 is 27.6. The van der Waals surface area contributed by atoms with Crippen molar-refractivity contribution in [3.8, 4) is 0 Å². The molecule has 3 atom stereocenters. The van der Waals surface area contributed by atoms with Crippen molar-refractivity contribution in [1.82, 2.24) is 14.9 Å². The molecule has 6 nitrogen and oxygen atoms in total. The molecule has 3 rings (SSSR count). The van der Waals surface area contributed by atoms with Crippen LogP contribution in [-0.2, 0) is 10.0 Å². The summed E-state index contributed by atoms with van der Waals surface area (Å²) in [6.45, 7) is 6.37. The van der Waals surface area contributed by atoms with Gasteiger partial charge in [-0.15, -0.1) is 0 Å². The standard InChI is InChI=1S/C19H29N3O3S/c1-14-13-20-10-9-18(14)21-19(23)16-7-5-8-17(12-16)26(24,25)22-11-4-3-6-15(22)2/h5,7-8,12,14-15,18,20H,3-4,6,9-11,13H2,1-2H3,(H,21,23). The monoisotopic (exact) mass is 379 g/mol. The van der Waals surface area contributed by atoms with Gasteiger partial charge >= 0.3 is 0 Å². The molecule has 1 aromatic rings. The van der Waals surface area contributed by atoms with Crippen LogP contribution in [-0.4, -0.2) is 50.3 Å². The van der Waals surface area contributed by atoms with Crippen molar-refractivity contribution in [2.75, 3.05) is 19.6 Å². The first kappa shape index (κ1) is 19.3. The van der Waals surface area contributed by atoms with E-state index in [-0.39, 0.29) is 22.9 Å². The number of hydrogen-bond donors (Lipinski definition) is 2. The average Bonchev–Trinajstić information content (AvgIpc) is 2.64. The zero-order valence-corrected chi connectivity index (χ0v) is 16.4. The molecule has 0 aromatic heterocycles. The Balaban J connectivity index is 1.78. The van der Waals surface area contributed by atoms with Crippen molar-refractivity contribution in [3.05, 3.63) is 29.8 Å². The molecule has 2 fully saturated rings. The van der Waals surface area contributed by atoms with Gasteiger partial charge < -0.3 is 10.6 Å². The minimum atomic E-state index is -3.57. The first-order valence-corrected chi connectivity index (χ1v) is 11.0. The lowest BCUT2D eigenvalue weighted by Crippen LogP contribution is -2.48. The molecule has 2 saturated heterocycles. The van der Waals surface area contributed by atoms with Gasteiger partial charge in [0.2, 0.25) is 10.0 Å². The molecule has 0 radical (unpaired) electrons. The van der Waals surface area contributed by atoms with Gasteiger partial charge in [0.25, 0.3) is 5.91 Å². The highest BCUT2D eigenvalue weighted by atomic mass is 32.2. The Labute approximate surface area is 156 Å². The number of nitrogens with one attached hydrogen (secondary N) is 2. The predicted octanol–water partition coefficient (Wildman–Crippen LogP) is 1.98. The van der Waals surface area contributed by atoms with E-state index in [1.165, 1.54) is 6.07 Å². The molecule has 2 aliphatic rings. The Morgan fingerprint density at radius 2 is 2.04 bits per heavy atom. The third kappa shape index (κ3) is 4.10. The maximum atomic E-state index is 13.0. The molecule has 0 aliphatic carbocycles. The summed E-state index contributed by atoms with van der Waals surface area (Å²) in [7, 11) is -3.57. The van der Waals surface area contributed by atoms with Crippen LogP contribution < -0.4 is 10.6 Å². The maximum Gasteiger partial charge on any atom is 0.251 e. The Morgan fingerprint density at radius 1 is 1.23 bits per heavy atom. The van der Waals surface area contributed by atoms with Crippen LogP contribution in [0.1, 0.15) is 49.9 Å². The molecule has 26 heavy (non-hydrogen) atoms. The van der Waals surface area contributed by atoms with Crippen molar-refractivity contribution < 1.29 is 13.2 Å². The Hall–Kier alpha value is -1.44. The van der Waals surface area contributed by atoms with Gasteiger partial charge in [-0.05, 0) is 63.4 Å². The highest BCUT2D eigenvalue weighted by Crippen LogP contribution is 2.25. The fourth-order valence-corrected chi connectivity index (χ4v) is 5.59. The van der Waals surface area contributed by atoms with Gasteiger partial charge in [0.15, 0.2) is 0 Å². The smallest absolute Gasteiger partial charge is 0.251 e. The van der Waals surface area contributed by atoms with Crippen molar-refractivity contribution in [2.24, 2.45) is 5.92 Å². The van der Waals surface area contributed by atoms with Gasteiger partial charge in [-0.1, -0.05) is 19.4 Å². The number of carbonyl (C=O) groups excluding carboxylic acids is 1. The maximum absolute atomic E-state index is 13.0. The van der Waals surface area contributed by atoms with Crippen molar-refractivity contribution in [1.29, 1.82) is 0 Å². The lowest BCUT2D eigenvalue weighted by atomic mass is 9.95. The van der Waals surface area contributed by atoms with Gasteiger partial charge in [0.05, 0.1) is 4.90 Å². The first-order valence-electron chi connectivity index (χ1n) is 9.53. The summed E-state index contributed by atoms with van der Waals surface area (Å²) in [5.41, 5.74) is 0.404. The summed E-state index contributed by atoms with van der Waals surface area (Å²) >= 11 is 0. The molecule has 0 bridgehead atoms. The Kier molecular flexibility index (Phi) is 5.99. The number of rotatable bonds is 4. The van der Waals surface area contributed by atoms with Crippen LogP contribution in [0.2, 0.25) is 0 Å². The van der Waals surface area contributed by atoms with E-state index in [9.17, 15) is 13.2 Å². The van der Waals surface area contributed by atoms with Crippen LogP contribution in [0.3, 0.4) is 0 Å². The number of nitrogens with zero attached hydrogens (tertiary/aromatic N) is 1. The van der Waals surface area contributed by atoms with Gasteiger partial charge in [0, 0.05) is 24.2 Å². The first-order chi connectivity index (χ1) is 12.4. The Morgan fingerprint density at radius 3 is 2.77 bits per heavy atom. The third-order valence-corrected chi connectivity index (χ3v) is 7.56. The average molecular weight is 380 g/mol. The minimum absolute atomic E-state index is 0.00169. The minimum Gasteiger partial charge on any atom is -0.349 e. The molecule has 0 spiro atoms. The number of amides is 1.